The van der Waals surface area contributed by atoms with Gasteiger partial charge in [-0.25, -0.2) is 4.79 Å². The van der Waals surface area contributed by atoms with E-state index in [1.807, 2.05) is 50.0 Å². The van der Waals surface area contributed by atoms with E-state index in [0.29, 0.717) is 17.1 Å². The van der Waals surface area contributed by atoms with Crippen LogP contribution in [0, 0.1) is 5.41 Å². The van der Waals surface area contributed by atoms with Crippen LogP contribution in [-0.4, -0.2) is 45.4 Å². The number of esters is 2. The van der Waals surface area contributed by atoms with Gasteiger partial charge in [0.15, 0.2) is 11.2 Å². The lowest BCUT2D eigenvalue weighted by Crippen LogP contribution is -2.66. The number of hydrogen-bond donors (Lipinski definition) is 0. The molecule has 1 aliphatic carbocycles. The molecule has 39 heavy (non-hydrogen) atoms. The van der Waals surface area contributed by atoms with Crippen molar-refractivity contribution in [2.75, 3.05) is 13.7 Å². The number of carbonyl (C=O) groups is 3. The Labute approximate surface area is 229 Å². The molecule has 0 spiro atoms. The van der Waals surface area contributed by atoms with E-state index in [1.54, 1.807) is 44.4 Å². The number of benzene rings is 2. The van der Waals surface area contributed by atoms with Crippen molar-refractivity contribution >= 4 is 31.8 Å². The van der Waals surface area contributed by atoms with E-state index < -0.39 is 37.1 Å². The number of carbonyl (C=O) groups excluding carboxylic acids is 3. The Kier molecular flexibility index (Phi) is 8.01. The van der Waals surface area contributed by atoms with Crippen LogP contribution in [0.25, 0.3) is 5.76 Å². The number of rotatable bonds is 9. The predicted octanol–water partition coefficient (Wildman–Crippen LogP) is 5.20. The van der Waals surface area contributed by atoms with Gasteiger partial charge in [-0.2, -0.15) is 0 Å². The van der Waals surface area contributed by atoms with Gasteiger partial charge in [0, 0.05) is 11.6 Å². The van der Waals surface area contributed by atoms with Crippen LogP contribution in [0.3, 0.4) is 0 Å². The highest BCUT2D eigenvalue weighted by Crippen LogP contribution is 2.54. The van der Waals surface area contributed by atoms with Crippen LogP contribution in [0.5, 0.6) is 5.75 Å². The van der Waals surface area contributed by atoms with Crippen LogP contribution in [0.2, 0.25) is 19.6 Å². The largest absolute Gasteiger partial charge is 0.547 e. The second-order valence-corrected chi connectivity index (χ2v) is 14.9. The molecule has 2 aromatic carbocycles. The Morgan fingerprint density at radius 2 is 1.67 bits per heavy atom. The molecule has 0 N–H and O–H groups in total. The summed E-state index contributed by atoms with van der Waals surface area (Å²) in [5.74, 6) is -1.01. The maximum absolute atomic E-state index is 14.1. The Hall–Kier alpha value is -3.85. The highest BCUT2D eigenvalue weighted by Gasteiger charge is 2.72. The molecule has 4 rings (SSSR count). The lowest BCUT2D eigenvalue weighted by molar-refractivity contribution is -0.200. The first-order chi connectivity index (χ1) is 18.5. The highest BCUT2D eigenvalue weighted by molar-refractivity contribution is 6.70. The summed E-state index contributed by atoms with van der Waals surface area (Å²) in [6.45, 7) is 7.66. The fraction of sp³-hybridized carbons (Fsp3) is 0.367. The van der Waals surface area contributed by atoms with Crippen molar-refractivity contribution in [3.05, 3.63) is 83.6 Å². The van der Waals surface area contributed by atoms with Gasteiger partial charge in [0.05, 0.1) is 25.9 Å². The number of allylic oxidation sites excluding steroid dienone is 2. The van der Waals surface area contributed by atoms with Gasteiger partial charge in [-0.3, -0.25) is 9.59 Å². The molecule has 0 aromatic heterocycles. The van der Waals surface area contributed by atoms with Gasteiger partial charge in [0.25, 0.3) is 0 Å². The average molecular weight is 551 g/mol. The van der Waals surface area contributed by atoms with E-state index in [-0.39, 0.29) is 31.8 Å². The van der Waals surface area contributed by atoms with Crippen molar-refractivity contribution in [2.24, 2.45) is 5.41 Å². The van der Waals surface area contributed by atoms with Crippen molar-refractivity contribution in [1.29, 1.82) is 0 Å². The third kappa shape index (κ3) is 5.49. The molecule has 2 atom stereocenters. The number of hydrogen-bond acceptors (Lipinski definition) is 8. The molecule has 0 saturated heterocycles. The second kappa shape index (κ2) is 11.1. The molecular formula is C30H34O8Si. The van der Waals surface area contributed by atoms with E-state index >= 15 is 0 Å². The number of fused-ring (bicyclic) bond motifs is 1. The van der Waals surface area contributed by atoms with Gasteiger partial charge >= 0.3 is 11.9 Å². The molecule has 2 aromatic rings. The number of ketones is 1. The van der Waals surface area contributed by atoms with E-state index in [1.165, 1.54) is 6.08 Å². The van der Waals surface area contributed by atoms with Gasteiger partial charge < -0.3 is 23.4 Å². The van der Waals surface area contributed by atoms with E-state index in [0.717, 1.165) is 5.56 Å². The van der Waals surface area contributed by atoms with Gasteiger partial charge in [0.2, 0.25) is 13.9 Å². The van der Waals surface area contributed by atoms with Crippen LogP contribution in [0.4, 0.5) is 0 Å². The third-order valence-corrected chi connectivity index (χ3v) is 7.57. The minimum Gasteiger partial charge on any atom is -0.547 e. The summed E-state index contributed by atoms with van der Waals surface area (Å²) in [5, 5.41) is 0. The summed E-state index contributed by atoms with van der Waals surface area (Å²) >= 11 is 0. The summed E-state index contributed by atoms with van der Waals surface area (Å²) in [6.07, 6.45) is 2.68. The normalized spacial score (nSPS) is 22.4. The van der Waals surface area contributed by atoms with Gasteiger partial charge in [-0.1, -0.05) is 30.3 Å². The summed E-state index contributed by atoms with van der Waals surface area (Å²) in [6, 6.07) is 16.0. The number of ether oxygens (including phenoxy) is 4. The second-order valence-electron chi connectivity index (χ2n) is 10.5. The molecule has 0 radical (unpaired) electrons. The van der Waals surface area contributed by atoms with Crippen LogP contribution in [-0.2, 0) is 39.6 Å². The maximum Gasteiger partial charge on any atom is 0.352 e. The van der Waals surface area contributed by atoms with Crippen LogP contribution in [0.1, 0.15) is 30.9 Å². The van der Waals surface area contributed by atoms with Crippen LogP contribution in [0.15, 0.2) is 72.5 Å². The van der Waals surface area contributed by atoms with Gasteiger partial charge in [-0.15, -0.1) is 0 Å². The minimum atomic E-state index is -2.11. The van der Waals surface area contributed by atoms with Crippen molar-refractivity contribution in [3.8, 4) is 5.75 Å². The molecule has 0 unspecified atom stereocenters. The SMILES string of the molecule is CCOC(=O)[C@]12CC(O[Si](C)(C)C)=CC[C@@]1(C(=O)OCc1ccccc1)C(=O)C=C(c1ccc(OC)cc1)O2. The fourth-order valence-electron chi connectivity index (χ4n) is 4.88. The third-order valence-electron chi connectivity index (χ3n) is 6.69. The van der Waals surface area contributed by atoms with E-state index in [2.05, 4.69) is 0 Å². The van der Waals surface area contributed by atoms with Crippen LogP contribution < -0.4 is 4.74 Å². The lowest BCUT2D eigenvalue weighted by atomic mass is 9.60. The highest BCUT2D eigenvalue weighted by atomic mass is 28.4. The summed E-state index contributed by atoms with van der Waals surface area (Å²) in [5.41, 5.74) is -2.73. The molecule has 9 heteroatoms. The Balaban J connectivity index is 1.83. The first-order valence-corrected chi connectivity index (χ1v) is 16.3. The predicted molar refractivity (Wildman–Crippen MR) is 147 cm³/mol. The van der Waals surface area contributed by atoms with Crippen molar-refractivity contribution < 1.29 is 37.8 Å². The van der Waals surface area contributed by atoms with E-state index in [4.69, 9.17) is 23.4 Å². The zero-order valence-corrected chi connectivity index (χ0v) is 23.9. The monoisotopic (exact) mass is 550 g/mol. The van der Waals surface area contributed by atoms with Crippen LogP contribution >= 0.6 is 0 Å². The van der Waals surface area contributed by atoms with E-state index in [9.17, 15) is 14.4 Å². The first-order valence-electron chi connectivity index (χ1n) is 12.9. The molecule has 206 valence electrons. The Morgan fingerprint density at radius 1 is 0.974 bits per heavy atom. The summed E-state index contributed by atoms with van der Waals surface area (Å²) in [4.78, 5) is 41.8. The first kappa shape index (κ1) is 28.2. The van der Waals surface area contributed by atoms with Crippen molar-refractivity contribution in [2.45, 2.75) is 51.6 Å². The minimum absolute atomic E-state index is 0.0305. The van der Waals surface area contributed by atoms with Crippen molar-refractivity contribution in [3.63, 3.8) is 0 Å². The zero-order valence-electron chi connectivity index (χ0n) is 22.9. The molecule has 2 aliphatic rings. The zero-order chi connectivity index (χ0) is 28.3. The standard InChI is InChI=1S/C30H34O8Si/c1-6-35-28(33)30-19-24(38-39(3,4)5)16-17-29(30,27(32)36-20-21-10-8-7-9-11-21)26(31)18-25(37-30)22-12-14-23(34-2)15-13-22/h7-16,18H,6,17,19-20H2,1-5H3/t29-,30+/m0/s1. The van der Waals surface area contributed by atoms with Gasteiger partial charge in [-0.05, 0) is 68.9 Å². The Morgan fingerprint density at radius 3 is 2.28 bits per heavy atom. The molecule has 0 amide bonds. The molecule has 8 nitrogen and oxygen atoms in total. The number of methoxy groups -OCH3 is 1. The molecule has 1 aliphatic heterocycles. The summed E-state index contributed by atoms with van der Waals surface area (Å²) in [7, 11) is -0.562. The average Bonchev–Trinajstić information content (AvgIpc) is 2.91. The molecule has 0 bridgehead atoms. The van der Waals surface area contributed by atoms with Crippen molar-refractivity contribution in [1.82, 2.24) is 0 Å². The van der Waals surface area contributed by atoms with Gasteiger partial charge in [0.1, 0.15) is 18.1 Å². The molecule has 1 heterocycles. The summed E-state index contributed by atoms with van der Waals surface area (Å²) < 4.78 is 29.1. The smallest absolute Gasteiger partial charge is 0.352 e. The topological polar surface area (TPSA) is 97.4 Å². The molecule has 0 saturated carbocycles. The lowest BCUT2D eigenvalue weighted by Gasteiger charge is -2.49. The maximum atomic E-state index is 14.1. The molecular weight excluding hydrogens is 516 g/mol. The quantitative estimate of drug-likeness (QED) is 0.239. The molecule has 0 fully saturated rings. The Bertz CT molecular complexity index is 1290. The fourth-order valence-corrected chi connectivity index (χ4v) is 5.82.